The van der Waals surface area contributed by atoms with E-state index in [9.17, 15) is 36.2 Å². The van der Waals surface area contributed by atoms with Gasteiger partial charge in [0.05, 0.1) is 13.0 Å². The van der Waals surface area contributed by atoms with Crippen molar-refractivity contribution >= 4 is 5.91 Å². The molecule has 30 heavy (non-hydrogen) atoms. The smallest absolute Gasteiger partial charge is 0.374 e. The lowest BCUT2D eigenvalue weighted by Gasteiger charge is -2.29. The largest absolute Gasteiger partial charge is 0.425 e. The lowest BCUT2D eigenvalue weighted by atomic mass is 9.97. The summed E-state index contributed by atoms with van der Waals surface area (Å²) in [4.78, 5) is 15.6. The van der Waals surface area contributed by atoms with Gasteiger partial charge in [-0.25, -0.2) is 4.98 Å². The monoisotopic (exact) mass is 439 g/mol. The number of aliphatic hydroxyl groups is 1. The van der Waals surface area contributed by atoms with Crippen molar-refractivity contribution in [2.24, 2.45) is 7.05 Å². The first-order valence-corrected chi connectivity index (χ1v) is 8.58. The molecular weight excluding hydrogens is 420 g/mol. The van der Waals surface area contributed by atoms with Crippen LogP contribution in [0.2, 0.25) is 0 Å². The second-order valence-electron chi connectivity index (χ2n) is 6.60. The summed E-state index contributed by atoms with van der Waals surface area (Å²) in [6, 6.07) is 5.91. The molecular formula is C18H19F6N3O3. The number of nitrogens with one attached hydrogen (secondary N) is 1. The second kappa shape index (κ2) is 9.04. The number of rotatable bonds is 8. The van der Waals surface area contributed by atoms with Crippen molar-refractivity contribution in [2.45, 2.75) is 37.5 Å². The van der Waals surface area contributed by atoms with E-state index >= 15 is 0 Å². The van der Waals surface area contributed by atoms with E-state index in [4.69, 9.17) is 0 Å². The maximum Gasteiger partial charge on any atom is 0.425 e. The van der Waals surface area contributed by atoms with Crippen LogP contribution < -0.4 is 5.32 Å². The summed E-state index contributed by atoms with van der Waals surface area (Å²) in [6.45, 7) is -1.80. The molecule has 1 aromatic carbocycles. The molecule has 166 valence electrons. The van der Waals surface area contributed by atoms with Gasteiger partial charge in [-0.15, -0.1) is 0 Å². The fourth-order valence-electron chi connectivity index (χ4n) is 2.60. The molecule has 1 heterocycles. The maximum absolute atomic E-state index is 13.4. The molecule has 12 heteroatoms. The van der Waals surface area contributed by atoms with Crippen LogP contribution >= 0.6 is 0 Å². The normalized spacial score (nSPS) is 14.4. The molecule has 2 N–H and O–H groups in total. The molecule has 2 aromatic rings. The summed E-state index contributed by atoms with van der Waals surface area (Å²) in [5, 5.41) is 12.4. The number of nitrogens with zero attached hydrogens (tertiary/aromatic N) is 2. The Morgan fingerprint density at radius 3 is 2.23 bits per heavy atom. The van der Waals surface area contributed by atoms with E-state index in [-0.39, 0.29) is 13.2 Å². The number of alkyl halides is 6. The summed E-state index contributed by atoms with van der Waals surface area (Å²) in [6.07, 6.45) is -8.57. The predicted octanol–water partition coefficient (Wildman–Crippen LogP) is 2.96. The number of amides is 1. The Kier molecular flexibility index (Phi) is 7.14. The number of carbonyl (C=O) groups is 1. The van der Waals surface area contributed by atoms with Gasteiger partial charge in [0.25, 0.3) is 0 Å². The van der Waals surface area contributed by atoms with E-state index in [2.05, 4.69) is 15.0 Å². The second-order valence-corrected chi connectivity index (χ2v) is 6.60. The number of benzene rings is 1. The van der Waals surface area contributed by atoms with Crippen LogP contribution in [0.15, 0.2) is 36.7 Å². The summed E-state index contributed by atoms with van der Waals surface area (Å²) < 4.78 is 81.9. The number of halogens is 6. The average molecular weight is 439 g/mol. The molecule has 6 nitrogen and oxygen atoms in total. The minimum absolute atomic E-state index is 0.142. The zero-order chi connectivity index (χ0) is 22.6. The van der Waals surface area contributed by atoms with Crippen LogP contribution in [0.3, 0.4) is 0 Å². The zero-order valence-electron chi connectivity index (χ0n) is 15.7. The van der Waals surface area contributed by atoms with Gasteiger partial charge in [-0.2, -0.15) is 26.3 Å². The van der Waals surface area contributed by atoms with Crippen LogP contribution in [0.25, 0.3) is 0 Å². The van der Waals surface area contributed by atoms with Gasteiger partial charge in [-0.3, -0.25) is 4.79 Å². The first-order chi connectivity index (χ1) is 13.8. The summed E-state index contributed by atoms with van der Waals surface area (Å²) >= 11 is 0. The van der Waals surface area contributed by atoms with Gasteiger partial charge in [0.2, 0.25) is 11.5 Å². The number of imidazole rings is 1. The Morgan fingerprint density at radius 2 is 1.73 bits per heavy atom. The number of carbonyl (C=O) groups excluding carboxylic acids is 1. The molecule has 1 aromatic heterocycles. The molecule has 0 saturated carbocycles. The van der Waals surface area contributed by atoms with Gasteiger partial charge in [0, 0.05) is 26.0 Å². The van der Waals surface area contributed by atoms with Crippen molar-refractivity contribution in [2.75, 3.05) is 6.61 Å². The number of aromatic nitrogens is 2. The highest BCUT2D eigenvalue weighted by molar-refractivity contribution is 5.77. The van der Waals surface area contributed by atoms with E-state index in [0.717, 1.165) is 10.8 Å². The van der Waals surface area contributed by atoms with E-state index in [0.29, 0.717) is 11.1 Å². The maximum atomic E-state index is 13.4. The van der Waals surface area contributed by atoms with Gasteiger partial charge in [0.1, 0.15) is 6.61 Å². The van der Waals surface area contributed by atoms with Crippen molar-refractivity contribution < 1.29 is 41.0 Å². The van der Waals surface area contributed by atoms with Crippen LogP contribution in [-0.2, 0) is 35.3 Å². The molecule has 0 aliphatic heterocycles. The molecule has 0 radical (unpaired) electrons. The van der Waals surface area contributed by atoms with Crippen LogP contribution in [-0.4, -0.2) is 39.5 Å². The number of hydrogen-bond donors (Lipinski definition) is 2. The summed E-state index contributed by atoms with van der Waals surface area (Å²) in [7, 11) is 1.26. The Hall–Kier alpha value is -2.60. The third kappa shape index (κ3) is 6.20. The zero-order valence-corrected chi connectivity index (χ0v) is 15.7. The van der Waals surface area contributed by atoms with Crippen molar-refractivity contribution in [3.05, 3.63) is 53.6 Å². The SMILES string of the molecule is Cn1ccnc1C(O)(CC(=O)NCc1ccc(COCC(F)(F)F)cc1)C(F)(F)F. The fraction of sp³-hybridized carbons (Fsp3) is 0.444. The molecule has 2 rings (SSSR count). The highest BCUT2D eigenvalue weighted by Crippen LogP contribution is 2.40. The van der Waals surface area contributed by atoms with Crippen molar-refractivity contribution in [3.63, 3.8) is 0 Å². The molecule has 0 aliphatic carbocycles. The molecule has 0 fully saturated rings. The van der Waals surface area contributed by atoms with Gasteiger partial charge in [0.15, 0.2) is 5.82 Å². The van der Waals surface area contributed by atoms with Crippen LogP contribution in [0, 0.1) is 0 Å². The quantitative estimate of drug-likeness (QED) is 0.621. The standard InChI is InChI=1S/C18H19F6N3O3/c1-27-7-6-25-15(27)16(29,18(22,23)24)8-14(28)26-9-12-2-4-13(5-3-12)10-30-11-17(19,20)21/h2-7,29H,8-11H2,1H3,(H,26,28). The fourth-order valence-corrected chi connectivity index (χ4v) is 2.60. The highest BCUT2D eigenvalue weighted by atomic mass is 19.4. The summed E-state index contributed by atoms with van der Waals surface area (Å²) in [5.41, 5.74) is -2.51. The number of hydrogen-bond acceptors (Lipinski definition) is 4. The Balaban J connectivity index is 1.94. The van der Waals surface area contributed by atoms with Crippen molar-refractivity contribution in [3.8, 4) is 0 Å². The third-order valence-corrected chi connectivity index (χ3v) is 4.12. The molecule has 1 amide bonds. The minimum Gasteiger partial charge on any atom is -0.374 e. The van der Waals surface area contributed by atoms with E-state index < -0.39 is 42.7 Å². The van der Waals surface area contributed by atoms with Crippen LogP contribution in [0.5, 0.6) is 0 Å². The molecule has 0 bridgehead atoms. The van der Waals surface area contributed by atoms with E-state index in [1.165, 1.54) is 37.5 Å². The lowest BCUT2D eigenvalue weighted by Crippen LogP contribution is -2.47. The predicted molar refractivity (Wildman–Crippen MR) is 91.8 cm³/mol. The van der Waals surface area contributed by atoms with Crippen molar-refractivity contribution in [1.29, 1.82) is 0 Å². The molecule has 0 spiro atoms. The Labute approximate surface area is 167 Å². The first-order valence-electron chi connectivity index (χ1n) is 8.58. The van der Waals surface area contributed by atoms with Gasteiger partial charge in [-0.05, 0) is 11.1 Å². The number of ether oxygens (including phenoxy) is 1. The summed E-state index contributed by atoms with van der Waals surface area (Å²) in [5.74, 6) is -1.77. The average Bonchev–Trinajstić information content (AvgIpc) is 3.05. The molecule has 1 unspecified atom stereocenters. The minimum atomic E-state index is -5.14. The highest BCUT2D eigenvalue weighted by Gasteiger charge is 2.58. The van der Waals surface area contributed by atoms with Crippen molar-refractivity contribution in [1.82, 2.24) is 14.9 Å². The van der Waals surface area contributed by atoms with Gasteiger partial charge >= 0.3 is 12.4 Å². The molecule has 0 aliphatic rings. The van der Waals surface area contributed by atoms with E-state index in [1.807, 2.05) is 0 Å². The van der Waals surface area contributed by atoms with E-state index in [1.54, 1.807) is 0 Å². The van der Waals surface area contributed by atoms with Crippen LogP contribution in [0.1, 0.15) is 23.4 Å². The molecule has 0 saturated heterocycles. The molecule has 1 atom stereocenters. The Morgan fingerprint density at radius 1 is 1.13 bits per heavy atom. The van der Waals surface area contributed by atoms with Gasteiger partial charge in [-0.1, -0.05) is 24.3 Å². The lowest BCUT2D eigenvalue weighted by molar-refractivity contribution is -0.271. The topological polar surface area (TPSA) is 76.4 Å². The first kappa shape index (κ1) is 23.7. The Bertz CT molecular complexity index is 848. The third-order valence-electron chi connectivity index (χ3n) is 4.12. The van der Waals surface area contributed by atoms with Gasteiger partial charge < -0.3 is 19.7 Å². The number of aryl methyl sites for hydroxylation is 1. The van der Waals surface area contributed by atoms with Crippen LogP contribution in [0.4, 0.5) is 26.3 Å².